The summed E-state index contributed by atoms with van der Waals surface area (Å²) in [7, 11) is 1.45. The maximum Gasteiger partial charge on any atom is 0.323 e. The predicted molar refractivity (Wildman–Crippen MR) is 71.1 cm³/mol. The van der Waals surface area contributed by atoms with Gasteiger partial charge in [0.25, 0.3) is 5.91 Å². The third-order valence-corrected chi connectivity index (χ3v) is 2.84. The number of amides is 1. The number of carbonyl (C=O) groups excluding carboxylic acids is 1. The molecule has 0 aliphatic carbocycles. The van der Waals surface area contributed by atoms with Crippen molar-refractivity contribution in [2.24, 2.45) is 0 Å². The van der Waals surface area contributed by atoms with Crippen LogP contribution in [0.2, 0.25) is 0 Å². The number of carbonyl (C=O) groups is 2. The fourth-order valence-electron chi connectivity index (χ4n) is 1.92. The summed E-state index contributed by atoms with van der Waals surface area (Å²) in [6.07, 6.45) is 1.56. The van der Waals surface area contributed by atoms with Crippen LogP contribution in [0, 0.1) is 6.92 Å². The van der Waals surface area contributed by atoms with Crippen LogP contribution in [0.1, 0.15) is 16.1 Å². The zero-order chi connectivity index (χ0) is 14.0. The molecular formula is C14H14N2O3. The topological polar surface area (TPSA) is 70.5 Å². The molecule has 0 saturated heterocycles. The van der Waals surface area contributed by atoms with Crippen molar-refractivity contribution in [1.82, 2.24) is 9.88 Å². The number of aliphatic carboxylic acids is 1. The maximum absolute atomic E-state index is 12.2. The Morgan fingerprint density at radius 3 is 2.74 bits per heavy atom. The smallest absolute Gasteiger partial charge is 0.323 e. The van der Waals surface area contributed by atoms with Crippen molar-refractivity contribution in [3.8, 4) is 0 Å². The van der Waals surface area contributed by atoms with E-state index in [4.69, 9.17) is 5.11 Å². The number of rotatable bonds is 3. The Bertz CT molecular complexity index is 652. The van der Waals surface area contributed by atoms with Crippen molar-refractivity contribution in [2.45, 2.75) is 6.92 Å². The largest absolute Gasteiger partial charge is 0.480 e. The number of pyridine rings is 1. The van der Waals surface area contributed by atoms with Crippen molar-refractivity contribution in [3.63, 3.8) is 0 Å². The first-order valence-corrected chi connectivity index (χ1v) is 5.81. The minimum absolute atomic E-state index is 0.279. The number of carboxylic acids is 1. The Morgan fingerprint density at radius 2 is 2.05 bits per heavy atom. The summed E-state index contributed by atoms with van der Waals surface area (Å²) < 4.78 is 0. The van der Waals surface area contributed by atoms with E-state index in [0.717, 1.165) is 21.2 Å². The Labute approximate surface area is 110 Å². The lowest BCUT2D eigenvalue weighted by molar-refractivity contribution is -0.137. The molecule has 98 valence electrons. The van der Waals surface area contributed by atoms with Crippen LogP contribution in [0.4, 0.5) is 0 Å². The van der Waals surface area contributed by atoms with Gasteiger partial charge in [-0.25, -0.2) is 0 Å². The zero-order valence-corrected chi connectivity index (χ0v) is 10.8. The average molecular weight is 258 g/mol. The summed E-state index contributed by atoms with van der Waals surface area (Å²) in [5, 5.41) is 10.4. The number of nitrogens with zero attached hydrogens (tertiary/aromatic N) is 2. The SMILES string of the molecule is Cc1ccc2c(C(=O)N(C)CC(=O)O)nccc2c1. The van der Waals surface area contributed by atoms with Gasteiger partial charge in [0.05, 0.1) is 0 Å². The molecule has 19 heavy (non-hydrogen) atoms. The summed E-state index contributed by atoms with van der Waals surface area (Å²) >= 11 is 0. The number of hydrogen-bond acceptors (Lipinski definition) is 3. The van der Waals surface area contributed by atoms with E-state index < -0.39 is 11.9 Å². The van der Waals surface area contributed by atoms with Gasteiger partial charge in [-0.05, 0) is 18.4 Å². The summed E-state index contributed by atoms with van der Waals surface area (Å²) in [5.74, 6) is -1.44. The van der Waals surface area contributed by atoms with E-state index in [1.54, 1.807) is 6.20 Å². The second-order valence-electron chi connectivity index (χ2n) is 4.44. The molecule has 5 nitrogen and oxygen atoms in total. The standard InChI is InChI=1S/C14H14N2O3/c1-9-3-4-11-10(7-9)5-6-15-13(11)14(19)16(2)8-12(17)18/h3-7H,8H2,1-2H3,(H,17,18). The quantitative estimate of drug-likeness (QED) is 0.909. The van der Waals surface area contributed by atoms with Crippen LogP contribution in [0.25, 0.3) is 10.8 Å². The lowest BCUT2D eigenvalue weighted by Gasteiger charge is -2.15. The first-order chi connectivity index (χ1) is 8.99. The highest BCUT2D eigenvalue weighted by molar-refractivity contribution is 6.05. The highest BCUT2D eigenvalue weighted by Gasteiger charge is 2.18. The van der Waals surface area contributed by atoms with Gasteiger partial charge in [-0.3, -0.25) is 14.6 Å². The van der Waals surface area contributed by atoms with Crippen molar-refractivity contribution >= 4 is 22.6 Å². The molecule has 0 fully saturated rings. The van der Waals surface area contributed by atoms with E-state index in [0.29, 0.717) is 0 Å². The van der Waals surface area contributed by atoms with Gasteiger partial charge in [0.2, 0.25) is 0 Å². The Kier molecular flexibility index (Phi) is 3.46. The number of hydrogen-bond donors (Lipinski definition) is 1. The molecule has 2 rings (SSSR count). The Morgan fingerprint density at radius 1 is 1.32 bits per heavy atom. The molecule has 1 aromatic carbocycles. The van der Waals surface area contributed by atoms with Gasteiger partial charge in [-0.2, -0.15) is 0 Å². The summed E-state index contributed by atoms with van der Waals surface area (Å²) in [6.45, 7) is 1.63. The number of benzene rings is 1. The Hall–Kier alpha value is -2.43. The molecule has 0 aliphatic heterocycles. The Balaban J connectivity index is 2.45. The first kappa shape index (κ1) is 13.0. The second kappa shape index (κ2) is 5.06. The van der Waals surface area contributed by atoms with E-state index in [9.17, 15) is 9.59 Å². The molecule has 0 saturated carbocycles. The molecule has 0 atom stereocenters. The van der Waals surface area contributed by atoms with E-state index in [1.807, 2.05) is 31.2 Å². The van der Waals surface area contributed by atoms with Crippen LogP contribution < -0.4 is 0 Å². The summed E-state index contributed by atoms with van der Waals surface area (Å²) in [6, 6.07) is 7.53. The van der Waals surface area contributed by atoms with Crippen molar-refractivity contribution in [1.29, 1.82) is 0 Å². The molecule has 0 aliphatic rings. The average Bonchev–Trinajstić information content (AvgIpc) is 2.36. The number of carboxylic acid groups (broad SMARTS) is 1. The third-order valence-electron chi connectivity index (χ3n) is 2.84. The molecule has 1 N–H and O–H groups in total. The first-order valence-electron chi connectivity index (χ1n) is 5.81. The minimum Gasteiger partial charge on any atom is -0.480 e. The zero-order valence-electron chi connectivity index (χ0n) is 10.8. The minimum atomic E-state index is -1.05. The van der Waals surface area contributed by atoms with Crippen LogP contribution in [0.5, 0.6) is 0 Å². The fourth-order valence-corrected chi connectivity index (χ4v) is 1.92. The van der Waals surface area contributed by atoms with Crippen molar-refractivity contribution < 1.29 is 14.7 Å². The van der Waals surface area contributed by atoms with Crippen molar-refractivity contribution in [3.05, 3.63) is 41.7 Å². The highest BCUT2D eigenvalue weighted by Crippen LogP contribution is 2.19. The molecule has 0 bridgehead atoms. The van der Waals surface area contributed by atoms with E-state index >= 15 is 0 Å². The number of aryl methyl sites for hydroxylation is 1. The number of aromatic nitrogens is 1. The highest BCUT2D eigenvalue weighted by atomic mass is 16.4. The van der Waals surface area contributed by atoms with Gasteiger partial charge >= 0.3 is 5.97 Å². The predicted octanol–water partition coefficient (Wildman–Crippen LogP) is 1.70. The molecule has 1 amide bonds. The van der Waals surface area contributed by atoms with E-state index in [-0.39, 0.29) is 12.2 Å². The van der Waals surface area contributed by atoms with Crippen LogP contribution in [-0.2, 0) is 4.79 Å². The number of likely N-dealkylation sites (N-methyl/N-ethyl adjacent to an activating group) is 1. The van der Waals surface area contributed by atoms with Crippen molar-refractivity contribution in [2.75, 3.05) is 13.6 Å². The van der Waals surface area contributed by atoms with Crippen LogP contribution >= 0.6 is 0 Å². The molecule has 1 heterocycles. The molecule has 5 heteroatoms. The normalized spacial score (nSPS) is 10.4. The van der Waals surface area contributed by atoms with E-state index in [2.05, 4.69) is 4.98 Å². The molecule has 0 spiro atoms. The van der Waals surface area contributed by atoms with Gasteiger partial charge < -0.3 is 10.0 Å². The summed E-state index contributed by atoms with van der Waals surface area (Å²) in [5.41, 5.74) is 1.37. The van der Waals surface area contributed by atoms with E-state index in [1.165, 1.54) is 7.05 Å². The lowest BCUT2D eigenvalue weighted by atomic mass is 10.1. The van der Waals surface area contributed by atoms with Gasteiger partial charge in [-0.1, -0.05) is 23.8 Å². The third kappa shape index (κ3) is 2.70. The van der Waals surface area contributed by atoms with Gasteiger partial charge in [-0.15, -0.1) is 0 Å². The molecular weight excluding hydrogens is 244 g/mol. The van der Waals surface area contributed by atoms with Gasteiger partial charge in [0.15, 0.2) is 0 Å². The fraction of sp³-hybridized carbons (Fsp3) is 0.214. The second-order valence-corrected chi connectivity index (χ2v) is 4.44. The maximum atomic E-state index is 12.2. The van der Waals surface area contributed by atoms with Gasteiger partial charge in [0.1, 0.15) is 12.2 Å². The van der Waals surface area contributed by atoms with Crippen LogP contribution in [-0.4, -0.2) is 40.5 Å². The molecule has 0 unspecified atom stereocenters. The van der Waals surface area contributed by atoms with Crippen LogP contribution in [0.15, 0.2) is 30.5 Å². The van der Waals surface area contributed by atoms with Crippen LogP contribution in [0.3, 0.4) is 0 Å². The number of fused-ring (bicyclic) bond motifs is 1. The molecule has 2 aromatic rings. The molecule has 1 aromatic heterocycles. The van der Waals surface area contributed by atoms with Gasteiger partial charge in [0, 0.05) is 18.6 Å². The monoisotopic (exact) mass is 258 g/mol. The lowest BCUT2D eigenvalue weighted by Crippen LogP contribution is -2.32. The molecule has 0 radical (unpaired) electrons. The summed E-state index contributed by atoms with van der Waals surface area (Å²) in [4.78, 5) is 28.0.